The molecule has 1 amide bonds. The summed E-state index contributed by atoms with van der Waals surface area (Å²) in [6, 6.07) is 0. The number of rotatable bonds is 39. The van der Waals surface area contributed by atoms with E-state index in [4.69, 9.17) is 14.2 Å². The Morgan fingerprint density at radius 1 is 0.500 bits per heavy atom. The molecule has 1 aliphatic rings. The molecule has 0 bridgehead atoms. The molecule has 54 heavy (non-hydrogen) atoms. The van der Waals surface area contributed by atoms with Gasteiger partial charge >= 0.3 is 18.0 Å². The van der Waals surface area contributed by atoms with Crippen molar-refractivity contribution in [2.75, 3.05) is 46.9 Å². The second kappa shape index (κ2) is 36.8. The molecule has 1 heterocycles. The Balaban J connectivity index is 2.19. The fourth-order valence-electron chi connectivity index (χ4n) is 7.48. The third-order valence-corrected chi connectivity index (χ3v) is 10.9. The Labute approximate surface area is 334 Å². The molecule has 8 nitrogen and oxygen atoms in total. The average Bonchev–Trinajstić information content (AvgIpc) is 3.13. The first-order valence-electron chi connectivity index (χ1n) is 23.3. The van der Waals surface area contributed by atoms with Crippen LogP contribution in [-0.2, 0) is 23.8 Å². The van der Waals surface area contributed by atoms with Gasteiger partial charge in [-0.05, 0) is 26.9 Å². The Kier molecular flexibility index (Phi) is 34.2. The molecule has 0 radical (unpaired) electrons. The van der Waals surface area contributed by atoms with Gasteiger partial charge in [-0.3, -0.25) is 9.59 Å². The molecule has 1 saturated heterocycles. The van der Waals surface area contributed by atoms with E-state index in [0.29, 0.717) is 31.8 Å². The van der Waals surface area contributed by atoms with Crippen molar-refractivity contribution >= 4 is 18.0 Å². The Bertz CT molecular complexity index is 827. The largest absolute Gasteiger partial charge is 0.462 e. The van der Waals surface area contributed by atoms with Gasteiger partial charge in [0.15, 0.2) is 6.10 Å². The van der Waals surface area contributed by atoms with Crippen molar-refractivity contribution in [2.24, 2.45) is 5.92 Å². The quantitative estimate of drug-likeness (QED) is 0.0350. The highest BCUT2D eigenvalue weighted by atomic mass is 16.6. The van der Waals surface area contributed by atoms with Gasteiger partial charge in [-0.25, -0.2) is 4.79 Å². The first-order valence-corrected chi connectivity index (χ1v) is 23.3. The van der Waals surface area contributed by atoms with Crippen molar-refractivity contribution in [3.05, 3.63) is 0 Å². The van der Waals surface area contributed by atoms with Crippen LogP contribution in [0.1, 0.15) is 219 Å². The summed E-state index contributed by atoms with van der Waals surface area (Å²) in [5.41, 5.74) is 0. The van der Waals surface area contributed by atoms with Crippen molar-refractivity contribution < 1.29 is 28.6 Å². The van der Waals surface area contributed by atoms with Crippen LogP contribution in [0, 0.1) is 5.92 Å². The molecule has 0 saturated carbocycles. The minimum Gasteiger partial charge on any atom is -0.462 e. The Hall–Kier alpha value is -1.83. The molecule has 0 aromatic carbocycles. The molecule has 0 atom stereocenters. The fourth-order valence-corrected chi connectivity index (χ4v) is 7.48. The molecule has 0 aromatic rings. The standard InChI is InChI=1S/C46H88N2O6/c1-5-7-9-11-13-15-17-19-21-23-25-27-29-31-33-35-44(49)52-40-43(54-46(51)48-38-42(39-48)37-47(3)4)41-53-45(50)36-34-32-30-28-26-24-22-20-18-16-14-12-10-8-6-2/h42-43H,5-41H2,1-4H3. The number of carbonyl (C=O) groups excluding carboxylic acids is 3. The molecule has 0 N–H and O–H groups in total. The number of likely N-dealkylation sites (tertiary alicyclic amines) is 1. The van der Waals surface area contributed by atoms with E-state index in [1.165, 1.54) is 154 Å². The van der Waals surface area contributed by atoms with Gasteiger partial charge in [0.25, 0.3) is 0 Å². The zero-order valence-electron chi connectivity index (χ0n) is 36.2. The molecule has 1 rings (SSSR count). The van der Waals surface area contributed by atoms with Crippen LogP contribution in [0.5, 0.6) is 0 Å². The SMILES string of the molecule is CCCCCCCCCCCCCCCCCC(=O)OCC(COC(=O)CCCCCCCCCCCCCCCCC)OC(=O)N1CC(CN(C)C)C1. The molecule has 1 fully saturated rings. The first kappa shape index (κ1) is 50.2. The zero-order valence-corrected chi connectivity index (χ0v) is 36.2. The molecule has 0 spiro atoms. The van der Waals surface area contributed by atoms with E-state index in [-0.39, 0.29) is 25.2 Å². The summed E-state index contributed by atoms with van der Waals surface area (Å²) < 4.78 is 16.7. The predicted octanol–water partition coefficient (Wildman–Crippen LogP) is 12.6. The summed E-state index contributed by atoms with van der Waals surface area (Å²) in [5.74, 6) is -0.152. The number of amides is 1. The summed E-state index contributed by atoms with van der Waals surface area (Å²) >= 11 is 0. The molecule has 8 heteroatoms. The molecule has 1 aliphatic heterocycles. The van der Waals surface area contributed by atoms with Crippen LogP contribution in [0.4, 0.5) is 4.79 Å². The van der Waals surface area contributed by atoms with Crippen LogP contribution in [0.2, 0.25) is 0 Å². The van der Waals surface area contributed by atoms with Crippen molar-refractivity contribution in [1.82, 2.24) is 9.80 Å². The molecular formula is C46H88N2O6. The Morgan fingerprint density at radius 3 is 1.09 bits per heavy atom. The van der Waals surface area contributed by atoms with Gasteiger partial charge in [-0.2, -0.15) is 0 Å². The number of hydrogen-bond acceptors (Lipinski definition) is 7. The molecule has 318 valence electrons. The maximum atomic E-state index is 12.8. The highest BCUT2D eigenvalue weighted by Crippen LogP contribution is 2.19. The monoisotopic (exact) mass is 765 g/mol. The first-order chi connectivity index (χ1) is 26.3. The van der Waals surface area contributed by atoms with Gasteiger partial charge < -0.3 is 24.0 Å². The highest BCUT2D eigenvalue weighted by molar-refractivity contribution is 5.70. The lowest BCUT2D eigenvalue weighted by Crippen LogP contribution is -2.54. The van der Waals surface area contributed by atoms with Crippen molar-refractivity contribution in [3.63, 3.8) is 0 Å². The number of ether oxygens (including phenoxy) is 3. The van der Waals surface area contributed by atoms with E-state index in [2.05, 4.69) is 18.7 Å². The molecular weight excluding hydrogens is 677 g/mol. The van der Waals surface area contributed by atoms with Crippen molar-refractivity contribution in [2.45, 2.75) is 225 Å². The van der Waals surface area contributed by atoms with Gasteiger partial charge in [-0.1, -0.05) is 194 Å². The lowest BCUT2D eigenvalue weighted by Gasteiger charge is -2.40. The van der Waals surface area contributed by atoms with Crippen LogP contribution in [0.15, 0.2) is 0 Å². The minimum atomic E-state index is -0.805. The molecule has 0 unspecified atom stereocenters. The lowest BCUT2D eigenvalue weighted by atomic mass is 10.0. The van der Waals surface area contributed by atoms with Crippen molar-refractivity contribution in [3.8, 4) is 0 Å². The van der Waals surface area contributed by atoms with E-state index >= 15 is 0 Å². The third kappa shape index (κ3) is 31.4. The maximum Gasteiger partial charge on any atom is 0.410 e. The number of hydrogen-bond donors (Lipinski definition) is 0. The number of nitrogens with zero attached hydrogens (tertiary/aromatic N) is 2. The van der Waals surface area contributed by atoms with Crippen molar-refractivity contribution in [1.29, 1.82) is 0 Å². The number of esters is 2. The van der Waals surface area contributed by atoms with Crippen LogP contribution in [-0.4, -0.2) is 80.9 Å². The summed E-state index contributed by atoms with van der Waals surface area (Å²) in [4.78, 5) is 41.7. The summed E-state index contributed by atoms with van der Waals surface area (Å²) in [7, 11) is 4.05. The predicted molar refractivity (Wildman–Crippen MR) is 225 cm³/mol. The van der Waals surface area contributed by atoms with Crippen LogP contribution in [0.3, 0.4) is 0 Å². The van der Waals surface area contributed by atoms with Crippen LogP contribution < -0.4 is 0 Å². The van der Waals surface area contributed by atoms with Gasteiger partial charge in [-0.15, -0.1) is 0 Å². The van der Waals surface area contributed by atoms with E-state index in [0.717, 1.165) is 45.1 Å². The second-order valence-corrected chi connectivity index (χ2v) is 16.8. The number of carbonyl (C=O) groups is 3. The number of unbranched alkanes of at least 4 members (excludes halogenated alkanes) is 28. The van der Waals surface area contributed by atoms with E-state index in [9.17, 15) is 14.4 Å². The fraction of sp³-hybridized carbons (Fsp3) is 0.935. The average molecular weight is 765 g/mol. The van der Waals surface area contributed by atoms with Gasteiger partial charge in [0.1, 0.15) is 13.2 Å². The zero-order chi connectivity index (χ0) is 39.3. The van der Waals surface area contributed by atoms with E-state index in [1.54, 1.807) is 4.90 Å². The van der Waals surface area contributed by atoms with E-state index in [1.807, 2.05) is 14.1 Å². The van der Waals surface area contributed by atoms with Gasteiger partial charge in [0, 0.05) is 38.4 Å². The van der Waals surface area contributed by atoms with Gasteiger partial charge in [0.2, 0.25) is 0 Å². The topological polar surface area (TPSA) is 85.4 Å². The molecule has 0 aliphatic carbocycles. The summed E-state index contributed by atoms with van der Waals surface area (Å²) in [6.45, 7) is 6.55. The third-order valence-electron chi connectivity index (χ3n) is 10.9. The summed E-state index contributed by atoms with van der Waals surface area (Å²) in [6.07, 6.45) is 37.8. The van der Waals surface area contributed by atoms with Gasteiger partial charge in [0.05, 0.1) is 0 Å². The second-order valence-electron chi connectivity index (χ2n) is 16.8. The summed E-state index contributed by atoms with van der Waals surface area (Å²) in [5, 5.41) is 0. The lowest BCUT2D eigenvalue weighted by molar-refractivity contribution is -0.153. The normalized spacial score (nSPS) is 13.1. The maximum absolute atomic E-state index is 12.8. The van der Waals surface area contributed by atoms with Crippen LogP contribution >= 0.6 is 0 Å². The smallest absolute Gasteiger partial charge is 0.410 e. The molecule has 0 aromatic heterocycles. The van der Waals surface area contributed by atoms with E-state index < -0.39 is 12.2 Å². The Morgan fingerprint density at radius 2 is 0.796 bits per heavy atom. The highest BCUT2D eigenvalue weighted by Gasteiger charge is 2.33. The minimum absolute atomic E-state index is 0.0927. The van der Waals surface area contributed by atoms with Crippen LogP contribution in [0.25, 0.3) is 0 Å².